The van der Waals surface area contributed by atoms with Crippen LogP contribution in [-0.2, 0) is 0 Å². The van der Waals surface area contributed by atoms with Crippen LogP contribution in [0.25, 0.3) is 0 Å². The van der Waals surface area contributed by atoms with Crippen LogP contribution in [-0.4, -0.2) is 12.6 Å². The molecule has 1 aliphatic carbocycles. The van der Waals surface area contributed by atoms with Crippen molar-refractivity contribution in [1.29, 1.82) is 0 Å². The molecule has 2 nitrogen and oxygen atoms in total. The molecule has 0 radical (unpaired) electrons. The van der Waals surface area contributed by atoms with Gasteiger partial charge < -0.3 is 10.1 Å². The summed E-state index contributed by atoms with van der Waals surface area (Å²) in [7, 11) is 0. The summed E-state index contributed by atoms with van der Waals surface area (Å²) < 4.78 is 6.13. The molecule has 1 atom stereocenters. The van der Waals surface area contributed by atoms with Gasteiger partial charge in [0.25, 0.3) is 0 Å². The lowest BCUT2D eigenvalue weighted by atomic mass is 10.1. The molecule has 0 aliphatic heterocycles. The molecule has 1 N–H and O–H groups in total. The molecule has 0 spiro atoms. The maximum Gasteiger partial charge on any atom is 0.119 e. The molecule has 1 aromatic carbocycles. The molecule has 1 aromatic rings. The zero-order chi connectivity index (χ0) is 14.2. The van der Waals surface area contributed by atoms with Crippen molar-refractivity contribution in [1.82, 2.24) is 5.32 Å². The van der Waals surface area contributed by atoms with Crippen molar-refractivity contribution in [2.75, 3.05) is 6.54 Å². The molecule has 1 fully saturated rings. The first kappa shape index (κ1) is 15.4. The maximum atomic E-state index is 6.13. The molecule has 2 rings (SSSR count). The fourth-order valence-corrected chi connectivity index (χ4v) is 2.87. The van der Waals surface area contributed by atoms with Crippen molar-refractivity contribution >= 4 is 0 Å². The van der Waals surface area contributed by atoms with Gasteiger partial charge in [-0.25, -0.2) is 0 Å². The van der Waals surface area contributed by atoms with Crippen molar-refractivity contribution in [2.24, 2.45) is 0 Å². The van der Waals surface area contributed by atoms with Crippen LogP contribution < -0.4 is 10.1 Å². The zero-order valence-electron chi connectivity index (χ0n) is 13.0. The molecule has 1 aliphatic rings. The van der Waals surface area contributed by atoms with E-state index in [-0.39, 0.29) is 0 Å². The highest BCUT2D eigenvalue weighted by Crippen LogP contribution is 2.24. The van der Waals surface area contributed by atoms with E-state index in [1.54, 1.807) is 0 Å². The van der Waals surface area contributed by atoms with Crippen LogP contribution in [0.5, 0.6) is 5.75 Å². The van der Waals surface area contributed by atoms with E-state index in [2.05, 4.69) is 43.4 Å². The Morgan fingerprint density at radius 3 is 2.35 bits per heavy atom. The van der Waals surface area contributed by atoms with Crippen molar-refractivity contribution < 1.29 is 4.74 Å². The smallest absolute Gasteiger partial charge is 0.119 e. The van der Waals surface area contributed by atoms with E-state index in [1.165, 1.54) is 50.5 Å². The first-order valence-electron chi connectivity index (χ1n) is 8.29. The predicted octanol–water partition coefficient (Wildman–Crippen LogP) is 4.85. The normalized spacial score (nSPS) is 18.5. The monoisotopic (exact) mass is 275 g/mol. The van der Waals surface area contributed by atoms with Crippen molar-refractivity contribution in [3.05, 3.63) is 29.8 Å². The summed E-state index contributed by atoms with van der Waals surface area (Å²) in [5.74, 6) is 1.03. The molecule has 0 aromatic heterocycles. The quantitative estimate of drug-likeness (QED) is 0.749. The number of benzene rings is 1. The Labute approximate surface area is 123 Å². The molecular weight excluding hydrogens is 246 g/mol. The summed E-state index contributed by atoms with van der Waals surface area (Å²) in [6.07, 6.45) is 9.43. The standard InChI is InChI=1S/C18H29NO/c1-3-14-19-15(2)16-10-12-18(13-11-16)20-17-8-6-4-5-7-9-17/h10-13,15,17,19H,3-9,14H2,1-2H3. The topological polar surface area (TPSA) is 21.3 Å². The number of hydrogen-bond donors (Lipinski definition) is 1. The van der Waals surface area contributed by atoms with Crippen molar-refractivity contribution in [2.45, 2.75) is 70.9 Å². The lowest BCUT2D eigenvalue weighted by Crippen LogP contribution is -2.19. The van der Waals surface area contributed by atoms with Gasteiger partial charge in [-0.15, -0.1) is 0 Å². The van der Waals surface area contributed by atoms with Gasteiger partial charge in [-0.1, -0.05) is 31.9 Å². The minimum atomic E-state index is 0.418. The van der Waals surface area contributed by atoms with Gasteiger partial charge in [0, 0.05) is 6.04 Å². The predicted molar refractivity (Wildman–Crippen MR) is 85.3 cm³/mol. The van der Waals surface area contributed by atoms with Crippen molar-refractivity contribution in [3.63, 3.8) is 0 Å². The highest BCUT2D eigenvalue weighted by atomic mass is 16.5. The number of nitrogens with one attached hydrogen (secondary N) is 1. The number of ether oxygens (including phenoxy) is 1. The molecule has 1 saturated carbocycles. The van der Waals surface area contributed by atoms with Gasteiger partial charge in [-0.05, 0) is 63.3 Å². The Bertz CT molecular complexity index is 366. The fourth-order valence-electron chi connectivity index (χ4n) is 2.87. The second-order valence-electron chi connectivity index (χ2n) is 5.98. The lowest BCUT2D eigenvalue weighted by molar-refractivity contribution is 0.183. The van der Waals surface area contributed by atoms with Crippen LogP contribution >= 0.6 is 0 Å². The maximum absolute atomic E-state index is 6.13. The van der Waals surface area contributed by atoms with Gasteiger partial charge >= 0.3 is 0 Å². The third kappa shape index (κ3) is 4.82. The van der Waals surface area contributed by atoms with Gasteiger partial charge in [0.05, 0.1) is 6.10 Å². The van der Waals surface area contributed by atoms with E-state index in [4.69, 9.17) is 4.74 Å². The zero-order valence-corrected chi connectivity index (χ0v) is 13.0. The van der Waals surface area contributed by atoms with E-state index < -0.39 is 0 Å². The Morgan fingerprint density at radius 1 is 1.10 bits per heavy atom. The lowest BCUT2D eigenvalue weighted by Gasteiger charge is -2.18. The molecule has 0 heterocycles. The average Bonchev–Trinajstić information content (AvgIpc) is 2.74. The Balaban J connectivity index is 1.87. The van der Waals surface area contributed by atoms with Crippen LogP contribution in [0.4, 0.5) is 0 Å². The Hall–Kier alpha value is -1.02. The van der Waals surface area contributed by atoms with Crippen LogP contribution in [0.2, 0.25) is 0 Å². The average molecular weight is 275 g/mol. The molecule has 112 valence electrons. The summed E-state index contributed by atoms with van der Waals surface area (Å²) in [5.41, 5.74) is 1.34. The summed E-state index contributed by atoms with van der Waals surface area (Å²) >= 11 is 0. The van der Waals surface area contributed by atoms with Gasteiger partial charge in [0.1, 0.15) is 5.75 Å². The van der Waals surface area contributed by atoms with Crippen LogP contribution in [0.1, 0.15) is 70.4 Å². The highest BCUT2D eigenvalue weighted by molar-refractivity contribution is 5.29. The summed E-state index contributed by atoms with van der Waals surface area (Å²) in [6, 6.07) is 9.06. The molecule has 0 amide bonds. The molecule has 0 bridgehead atoms. The number of rotatable bonds is 6. The summed E-state index contributed by atoms with van der Waals surface area (Å²) in [5, 5.41) is 3.52. The Kier molecular flexibility index (Phi) is 6.38. The van der Waals surface area contributed by atoms with E-state index in [0.717, 1.165) is 12.3 Å². The van der Waals surface area contributed by atoms with Crippen LogP contribution in [0, 0.1) is 0 Å². The summed E-state index contributed by atoms with van der Waals surface area (Å²) in [4.78, 5) is 0. The first-order valence-corrected chi connectivity index (χ1v) is 8.29. The van der Waals surface area contributed by atoms with Crippen LogP contribution in [0.15, 0.2) is 24.3 Å². The van der Waals surface area contributed by atoms with E-state index >= 15 is 0 Å². The van der Waals surface area contributed by atoms with Crippen molar-refractivity contribution in [3.8, 4) is 5.75 Å². The molecule has 20 heavy (non-hydrogen) atoms. The van der Waals surface area contributed by atoms with Gasteiger partial charge in [0.2, 0.25) is 0 Å². The minimum absolute atomic E-state index is 0.418. The third-order valence-corrected chi connectivity index (χ3v) is 4.19. The largest absolute Gasteiger partial charge is 0.490 e. The second-order valence-corrected chi connectivity index (χ2v) is 5.98. The number of hydrogen-bond acceptors (Lipinski definition) is 2. The highest BCUT2D eigenvalue weighted by Gasteiger charge is 2.13. The van der Waals surface area contributed by atoms with Gasteiger partial charge in [0.15, 0.2) is 0 Å². The fraction of sp³-hybridized carbons (Fsp3) is 0.667. The van der Waals surface area contributed by atoms with Gasteiger partial charge in [-0.3, -0.25) is 0 Å². The minimum Gasteiger partial charge on any atom is -0.490 e. The van der Waals surface area contributed by atoms with E-state index in [0.29, 0.717) is 12.1 Å². The van der Waals surface area contributed by atoms with Crippen LogP contribution in [0.3, 0.4) is 0 Å². The summed E-state index contributed by atoms with van der Waals surface area (Å²) in [6.45, 7) is 5.49. The Morgan fingerprint density at radius 2 is 1.75 bits per heavy atom. The molecule has 2 heteroatoms. The van der Waals surface area contributed by atoms with E-state index in [1.807, 2.05) is 0 Å². The van der Waals surface area contributed by atoms with E-state index in [9.17, 15) is 0 Å². The molecule has 1 unspecified atom stereocenters. The second kappa shape index (κ2) is 8.31. The first-order chi connectivity index (χ1) is 9.79. The third-order valence-electron chi connectivity index (χ3n) is 4.19. The molecular formula is C18H29NO. The molecule has 0 saturated heterocycles. The SMILES string of the molecule is CCCNC(C)c1ccc(OC2CCCCCC2)cc1. The van der Waals surface area contributed by atoms with Gasteiger partial charge in [-0.2, -0.15) is 0 Å².